The predicted molar refractivity (Wildman–Crippen MR) is 110 cm³/mol. The lowest BCUT2D eigenvalue weighted by Crippen LogP contribution is -2.42. The molecule has 0 radical (unpaired) electrons. The molecule has 0 amide bonds. The van der Waals surface area contributed by atoms with E-state index in [9.17, 15) is 5.11 Å². The van der Waals surface area contributed by atoms with Crippen molar-refractivity contribution in [3.8, 4) is 0 Å². The molecular weight excluding hydrogens is 338 g/mol. The summed E-state index contributed by atoms with van der Waals surface area (Å²) in [5.41, 5.74) is 2.46. The minimum absolute atomic E-state index is 0.120. The van der Waals surface area contributed by atoms with Gasteiger partial charge in [-0.15, -0.1) is 0 Å². The van der Waals surface area contributed by atoms with Crippen LogP contribution in [0.3, 0.4) is 0 Å². The van der Waals surface area contributed by atoms with Crippen molar-refractivity contribution >= 4 is 8.07 Å². The summed E-state index contributed by atoms with van der Waals surface area (Å²) in [6, 6.07) is 22.2. The molecule has 4 heteroatoms. The standard InChI is InChI=1S/C22H31NO2Si/c1-26(2,3)17-20-22(25-16-19-12-8-5-9-13-19)21(24)15-23(20)14-18-10-6-4-7-11-18/h4-13,20-22,24H,14-17H2,1-3H3/t20-,21+,22+/m1/s1. The van der Waals surface area contributed by atoms with E-state index >= 15 is 0 Å². The van der Waals surface area contributed by atoms with E-state index in [0.29, 0.717) is 13.2 Å². The van der Waals surface area contributed by atoms with Crippen molar-refractivity contribution < 1.29 is 9.84 Å². The Morgan fingerprint density at radius 2 is 1.54 bits per heavy atom. The first-order chi connectivity index (χ1) is 12.4. The summed E-state index contributed by atoms with van der Waals surface area (Å²) < 4.78 is 6.26. The van der Waals surface area contributed by atoms with Crippen molar-refractivity contribution in [3.05, 3.63) is 71.8 Å². The van der Waals surface area contributed by atoms with Gasteiger partial charge in [0.2, 0.25) is 0 Å². The smallest absolute Gasteiger partial charge is 0.100 e. The summed E-state index contributed by atoms with van der Waals surface area (Å²) in [5.74, 6) is 0. The van der Waals surface area contributed by atoms with Crippen molar-refractivity contribution in [2.45, 2.75) is 57.1 Å². The maximum absolute atomic E-state index is 10.7. The van der Waals surface area contributed by atoms with E-state index in [-0.39, 0.29) is 12.1 Å². The van der Waals surface area contributed by atoms with Crippen molar-refractivity contribution in [2.24, 2.45) is 0 Å². The Morgan fingerprint density at radius 3 is 2.12 bits per heavy atom. The fourth-order valence-electron chi connectivity index (χ4n) is 3.81. The van der Waals surface area contributed by atoms with Gasteiger partial charge in [-0.05, 0) is 17.2 Å². The highest BCUT2D eigenvalue weighted by Crippen LogP contribution is 2.30. The summed E-state index contributed by atoms with van der Waals surface area (Å²) in [6.07, 6.45) is -0.547. The van der Waals surface area contributed by atoms with Crippen molar-refractivity contribution in [1.29, 1.82) is 0 Å². The number of aliphatic hydroxyl groups is 1. The van der Waals surface area contributed by atoms with Gasteiger partial charge in [0.1, 0.15) is 6.10 Å². The lowest BCUT2D eigenvalue weighted by Gasteiger charge is -2.32. The number of rotatable bonds is 7. The second kappa shape index (κ2) is 8.48. The van der Waals surface area contributed by atoms with E-state index in [2.05, 4.69) is 60.9 Å². The molecule has 1 N–H and O–H groups in total. The van der Waals surface area contributed by atoms with Crippen LogP contribution in [0.25, 0.3) is 0 Å². The van der Waals surface area contributed by atoms with Crippen LogP contribution in [0, 0.1) is 0 Å². The van der Waals surface area contributed by atoms with Gasteiger partial charge in [-0.2, -0.15) is 0 Å². The molecule has 3 nitrogen and oxygen atoms in total. The highest BCUT2D eigenvalue weighted by atomic mass is 28.3. The molecule has 0 unspecified atom stereocenters. The van der Waals surface area contributed by atoms with Gasteiger partial charge in [-0.25, -0.2) is 0 Å². The van der Waals surface area contributed by atoms with Gasteiger partial charge in [0.05, 0.1) is 12.7 Å². The van der Waals surface area contributed by atoms with Gasteiger partial charge < -0.3 is 9.84 Å². The third-order valence-corrected chi connectivity index (χ3v) is 6.63. The van der Waals surface area contributed by atoms with Gasteiger partial charge >= 0.3 is 0 Å². The van der Waals surface area contributed by atoms with Crippen LogP contribution in [0.15, 0.2) is 60.7 Å². The number of likely N-dealkylation sites (tertiary alicyclic amines) is 1. The van der Waals surface area contributed by atoms with E-state index in [0.717, 1.165) is 18.2 Å². The minimum Gasteiger partial charge on any atom is -0.389 e. The number of benzene rings is 2. The third kappa shape index (κ3) is 5.27. The summed E-state index contributed by atoms with van der Waals surface area (Å²) in [5, 5.41) is 10.7. The Labute approximate surface area is 158 Å². The lowest BCUT2D eigenvalue weighted by molar-refractivity contribution is -0.0334. The van der Waals surface area contributed by atoms with Crippen LogP contribution in [0.4, 0.5) is 0 Å². The average Bonchev–Trinajstić information content (AvgIpc) is 2.88. The molecule has 1 aliphatic rings. The molecule has 3 atom stereocenters. The van der Waals surface area contributed by atoms with Crippen molar-refractivity contribution in [3.63, 3.8) is 0 Å². The highest BCUT2D eigenvalue weighted by Gasteiger charge is 2.43. The minimum atomic E-state index is -1.29. The lowest BCUT2D eigenvalue weighted by atomic mass is 10.1. The number of ether oxygens (including phenoxy) is 1. The molecule has 3 rings (SSSR count). The second-order valence-electron chi connectivity index (χ2n) is 8.58. The van der Waals surface area contributed by atoms with E-state index in [1.165, 1.54) is 5.56 Å². The van der Waals surface area contributed by atoms with Crippen LogP contribution in [-0.4, -0.2) is 42.9 Å². The normalized spacial score (nSPS) is 24.1. The summed E-state index contributed by atoms with van der Waals surface area (Å²) in [7, 11) is -1.29. The Balaban J connectivity index is 1.73. The predicted octanol–water partition coefficient (Wildman–Crippen LogP) is 4.16. The first kappa shape index (κ1) is 19.3. The van der Waals surface area contributed by atoms with Crippen LogP contribution >= 0.6 is 0 Å². The largest absolute Gasteiger partial charge is 0.389 e. The quantitative estimate of drug-likeness (QED) is 0.744. The molecule has 2 aromatic carbocycles. The molecule has 1 fully saturated rings. The molecule has 0 aromatic heterocycles. The summed E-state index contributed by atoms with van der Waals surface area (Å²) in [6.45, 7) is 9.30. The molecule has 1 aliphatic heterocycles. The Bertz CT molecular complexity index is 672. The first-order valence-corrected chi connectivity index (χ1v) is 13.2. The van der Waals surface area contributed by atoms with Crippen molar-refractivity contribution in [1.82, 2.24) is 4.90 Å². The van der Waals surface area contributed by atoms with Gasteiger partial charge in [0, 0.05) is 27.2 Å². The molecule has 26 heavy (non-hydrogen) atoms. The number of aliphatic hydroxyl groups excluding tert-OH is 1. The monoisotopic (exact) mass is 369 g/mol. The third-order valence-electron chi connectivity index (χ3n) is 4.98. The first-order valence-electron chi connectivity index (χ1n) is 9.54. The summed E-state index contributed by atoms with van der Waals surface area (Å²) >= 11 is 0. The molecule has 140 valence electrons. The number of nitrogens with zero attached hydrogens (tertiary/aromatic N) is 1. The van der Waals surface area contributed by atoms with Crippen LogP contribution in [0.5, 0.6) is 0 Å². The molecular formula is C22H31NO2Si. The Hall–Kier alpha value is -1.46. The maximum Gasteiger partial charge on any atom is 0.100 e. The van der Waals surface area contributed by atoms with Crippen LogP contribution < -0.4 is 0 Å². The molecule has 2 aromatic rings. The zero-order chi connectivity index (χ0) is 18.6. The maximum atomic E-state index is 10.7. The number of hydrogen-bond acceptors (Lipinski definition) is 3. The molecule has 0 saturated carbocycles. The van der Waals surface area contributed by atoms with Crippen LogP contribution in [0.2, 0.25) is 25.7 Å². The number of β-amino-alcohol motifs (C(OH)–C–C–N with tert-alkyl or cyclic N) is 1. The average molecular weight is 370 g/mol. The van der Waals surface area contributed by atoms with E-state index in [4.69, 9.17) is 4.74 Å². The molecule has 0 aliphatic carbocycles. The van der Waals surface area contributed by atoms with Gasteiger partial charge in [0.15, 0.2) is 0 Å². The van der Waals surface area contributed by atoms with Gasteiger partial charge in [0.25, 0.3) is 0 Å². The van der Waals surface area contributed by atoms with E-state index in [1.807, 2.05) is 24.3 Å². The molecule has 0 spiro atoms. The van der Waals surface area contributed by atoms with Gasteiger partial charge in [-0.1, -0.05) is 80.3 Å². The molecule has 0 bridgehead atoms. The topological polar surface area (TPSA) is 32.7 Å². The Morgan fingerprint density at radius 1 is 0.962 bits per heavy atom. The SMILES string of the molecule is C[Si](C)(C)C[C@@H]1[C@H](OCc2ccccc2)[C@@H](O)CN1Cc1ccccc1. The van der Waals surface area contributed by atoms with Crippen LogP contribution in [-0.2, 0) is 17.9 Å². The second-order valence-corrected chi connectivity index (χ2v) is 14.1. The zero-order valence-electron chi connectivity index (χ0n) is 16.1. The fourth-order valence-corrected chi connectivity index (χ4v) is 5.55. The molecule has 1 saturated heterocycles. The van der Waals surface area contributed by atoms with E-state index in [1.54, 1.807) is 0 Å². The summed E-state index contributed by atoms with van der Waals surface area (Å²) in [4.78, 5) is 2.42. The van der Waals surface area contributed by atoms with Gasteiger partial charge in [-0.3, -0.25) is 4.90 Å². The highest BCUT2D eigenvalue weighted by molar-refractivity contribution is 6.76. The Kier molecular flexibility index (Phi) is 6.30. The van der Waals surface area contributed by atoms with E-state index < -0.39 is 14.2 Å². The zero-order valence-corrected chi connectivity index (χ0v) is 17.1. The van der Waals surface area contributed by atoms with Crippen LogP contribution in [0.1, 0.15) is 11.1 Å². The fraction of sp³-hybridized carbons (Fsp3) is 0.455. The number of hydrogen-bond donors (Lipinski definition) is 1. The molecule has 1 heterocycles. The van der Waals surface area contributed by atoms with Crippen molar-refractivity contribution in [2.75, 3.05) is 6.54 Å².